The Bertz CT molecular complexity index is 207. The van der Waals surface area contributed by atoms with Crippen LogP contribution in [0.1, 0.15) is 19.3 Å². The maximum atomic E-state index is 6.23. The number of ether oxygens (including phenoxy) is 1. The first kappa shape index (κ1) is 12.1. The molecule has 15 heavy (non-hydrogen) atoms. The lowest BCUT2D eigenvalue weighted by molar-refractivity contribution is -0.0820. The number of rotatable bonds is 3. The van der Waals surface area contributed by atoms with Gasteiger partial charge in [-0.05, 0) is 37.2 Å². The molecule has 3 unspecified atom stereocenters. The monoisotopic (exact) mass is 247 g/mol. The van der Waals surface area contributed by atoms with Gasteiger partial charge in [-0.1, -0.05) is 0 Å². The van der Waals surface area contributed by atoms with E-state index in [1.807, 2.05) is 23.5 Å². The van der Waals surface area contributed by atoms with Gasteiger partial charge >= 0.3 is 0 Å². The van der Waals surface area contributed by atoms with E-state index in [9.17, 15) is 0 Å². The maximum absolute atomic E-state index is 6.23. The van der Waals surface area contributed by atoms with E-state index in [2.05, 4.69) is 6.26 Å². The molecule has 0 bridgehead atoms. The minimum absolute atomic E-state index is 0.198. The topological polar surface area (TPSA) is 35.2 Å². The van der Waals surface area contributed by atoms with E-state index in [0.29, 0.717) is 12.0 Å². The molecule has 88 valence electrons. The van der Waals surface area contributed by atoms with Crippen molar-refractivity contribution in [3.63, 3.8) is 0 Å². The van der Waals surface area contributed by atoms with Crippen LogP contribution in [0.3, 0.4) is 0 Å². The van der Waals surface area contributed by atoms with Gasteiger partial charge in [-0.25, -0.2) is 0 Å². The van der Waals surface area contributed by atoms with Crippen molar-refractivity contribution in [1.82, 2.24) is 0 Å². The Morgan fingerprint density at radius 1 is 1.67 bits per heavy atom. The van der Waals surface area contributed by atoms with E-state index in [4.69, 9.17) is 10.5 Å². The average Bonchev–Trinajstić information content (AvgIpc) is 2.67. The first-order valence-corrected chi connectivity index (χ1v) is 8.27. The molecule has 2 nitrogen and oxygen atoms in total. The third-order valence-electron chi connectivity index (χ3n) is 3.56. The van der Waals surface area contributed by atoms with Crippen LogP contribution in [0.25, 0.3) is 0 Å². The predicted octanol–water partition coefficient (Wildman–Crippen LogP) is 1.98. The van der Waals surface area contributed by atoms with Gasteiger partial charge in [-0.3, -0.25) is 0 Å². The molecule has 0 aromatic heterocycles. The van der Waals surface area contributed by atoms with Crippen LogP contribution in [0.5, 0.6) is 0 Å². The van der Waals surface area contributed by atoms with Crippen LogP contribution in [-0.4, -0.2) is 41.8 Å². The molecule has 0 aliphatic carbocycles. The smallest absolute Gasteiger partial charge is 0.0783 e. The lowest BCUT2D eigenvalue weighted by Gasteiger charge is -2.39. The Morgan fingerprint density at radius 2 is 2.53 bits per heavy atom. The normalized spacial score (nSPS) is 38.4. The van der Waals surface area contributed by atoms with Gasteiger partial charge in [0.25, 0.3) is 0 Å². The second kappa shape index (κ2) is 5.30. The van der Waals surface area contributed by atoms with E-state index >= 15 is 0 Å². The number of hydrogen-bond acceptors (Lipinski definition) is 4. The molecule has 2 saturated heterocycles. The van der Waals surface area contributed by atoms with E-state index < -0.39 is 0 Å². The summed E-state index contributed by atoms with van der Waals surface area (Å²) in [6.07, 6.45) is 5.73. The van der Waals surface area contributed by atoms with E-state index in [1.165, 1.54) is 24.3 Å². The Hall–Kier alpha value is 0.620. The Labute approximate surface area is 101 Å². The molecule has 2 heterocycles. The Morgan fingerprint density at radius 3 is 3.20 bits per heavy atom. The van der Waals surface area contributed by atoms with Crippen molar-refractivity contribution in [3.05, 3.63) is 0 Å². The minimum atomic E-state index is 0.198. The zero-order chi connectivity index (χ0) is 10.7. The predicted molar refractivity (Wildman–Crippen MR) is 69.7 cm³/mol. The standard InChI is InChI=1S/C11H21NOS2/c1-14-7-10(12)9-2-4-13-11(6-9)3-5-15-8-11/h9-10H,2-8,12H2,1H3. The second-order valence-electron chi connectivity index (χ2n) is 4.71. The molecule has 1 spiro atoms. The average molecular weight is 247 g/mol. The summed E-state index contributed by atoms with van der Waals surface area (Å²) in [4.78, 5) is 0. The number of nitrogens with two attached hydrogens (primary N) is 1. The van der Waals surface area contributed by atoms with Gasteiger partial charge in [-0.15, -0.1) is 0 Å². The Balaban J connectivity index is 1.91. The molecule has 0 amide bonds. The summed E-state index contributed by atoms with van der Waals surface area (Å²) in [5.41, 5.74) is 6.42. The molecule has 3 atom stereocenters. The molecule has 0 radical (unpaired) electrons. The first-order valence-electron chi connectivity index (χ1n) is 5.72. The summed E-state index contributed by atoms with van der Waals surface area (Å²) in [6, 6.07) is 0.367. The van der Waals surface area contributed by atoms with Gasteiger partial charge in [0.15, 0.2) is 0 Å². The zero-order valence-electron chi connectivity index (χ0n) is 9.41. The largest absolute Gasteiger partial charge is 0.374 e. The van der Waals surface area contributed by atoms with Gasteiger partial charge in [0.2, 0.25) is 0 Å². The van der Waals surface area contributed by atoms with Gasteiger partial charge in [0, 0.05) is 24.2 Å². The van der Waals surface area contributed by atoms with Crippen LogP contribution < -0.4 is 5.73 Å². The maximum Gasteiger partial charge on any atom is 0.0783 e. The van der Waals surface area contributed by atoms with Crippen LogP contribution in [-0.2, 0) is 4.74 Å². The second-order valence-corrected chi connectivity index (χ2v) is 6.72. The van der Waals surface area contributed by atoms with E-state index in [0.717, 1.165) is 18.8 Å². The van der Waals surface area contributed by atoms with Gasteiger partial charge < -0.3 is 10.5 Å². The SMILES string of the molecule is CSCC(N)C1CCOC2(CCSC2)C1. The number of hydrogen-bond donors (Lipinski definition) is 1. The highest BCUT2D eigenvalue weighted by atomic mass is 32.2. The fraction of sp³-hybridized carbons (Fsp3) is 1.00. The van der Waals surface area contributed by atoms with Crippen molar-refractivity contribution >= 4 is 23.5 Å². The van der Waals surface area contributed by atoms with Crippen molar-refractivity contribution < 1.29 is 4.74 Å². The molecule has 2 N–H and O–H groups in total. The van der Waals surface area contributed by atoms with Gasteiger partial charge in [-0.2, -0.15) is 23.5 Å². The lowest BCUT2D eigenvalue weighted by Crippen LogP contribution is -2.46. The van der Waals surface area contributed by atoms with Crippen LogP contribution in [0.2, 0.25) is 0 Å². The molecule has 0 aromatic rings. The van der Waals surface area contributed by atoms with E-state index in [1.54, 1.807) is 0 Å². The summed E-state index contributed by atoms with van der Waals surface area (Å²) in [7, 11) is 0. The molecule has 0 aromatic carbocycles. The third kappa shape index (κ3) is 2.84. The van der Waals surface area contributed by atoms with Crippen molar-refractivity contribution in [1.29, 1.82) is 0 Å². The number of thioether (sulfide) groups is 2. The van der Waals surface area contributed by atoms with E-state index in [-0.39, 0.29) is 5.60 Å². The summed E-state index contributed by atoms with van der Waals surface area (Å²) >= 11 is 3.90. The van der Waals surface area contributed by atoms with Crippen LogP contribution in [0, 0.1) is 5.92 Å². The summed E-state index contributed by atoms with van der Waals surface area (Å²) in [5.74, 6) is 4.23. The molecular formula is C11H21NOS2. The molecular weight excluding hydrogens is 226 g/mol. The van der Waals surface area contributed by atoms with Crippen LogP contribution in [0.4, 0.5) is 0 Å². The molecule has 2 rings (SSSR count). The summed E-state index contributed by atoms with van der Waals surface area (Å²) < 4.78 is 6.00. The highest BCUT2D eigenvalue weighted by Crippen LogP contribution is 2.41. The fourth-order valence-corrected chi connectivity index (χ4v) is 4.66. The first-order chi connectivity index (χ1) is 7.26. The minimum Gasteiger partial charge on any atom is -0.374 e. The summed E-state index contributed by atoms with van der Waals surface area (Å²) in [6.45, 7) is 0.924. The van der Waals surface area contributed by atoms with Crippen molar-refractivity contribution in [2.24, 2.45) is 11.7 Å². The molecule has 4 heteroatoms. The molecule has 2 aliphatic heterocycles. The summed E-state index contributed by atoms with van der Waals surface area (Å²) in [5, 5.41) is 0. The van der Waals surface area contributed by atoms with Crippen LogP contribution in [0.15, 0.2) is 0 Å². The molecule has 2 fully saturated rings. The Kier molecular flexibility index (Phi) is 4.27. The zero-order valence-corrected chi connectivity index (χ0v) is 11.0. The van der Waals surface area contributed by atoms with Gasteiger partial charge in [0.05, 0.1) is 5.60 Å². The molecule has 2 aliphatic rings. The van der Waals surface area contributed by atoms with Crippen LogP contribution >= 0.6 is 23.5 Å². The molecule has 0 saturated carbocycles. The third-order valence-corrected chi connectivity index (χ3v) is 5.50. The van der Waals surface area contributed by atoms with Gasteiger partial charge in [0.1, 0.15) is 0 Å². The van der Waals surface area contributed by atoms with Crippen molar-refractivity contribution in [2.45, 2.75) is 30.9 Å². The quantitative estimate of drug-likeness (QED) is 0.827. The highest BCUT2D eigenvalue weighted by molar-refractivity contribution is 7.99. The highest BCUT2D eigenvalue weighted by Gasteiger charge is 2.41. The fourth-order valence-electron chi connectivity index (χ4n) is 2.62. The lowest BCUT2D eigenvalue weighted by atomic mass is 9.82. The van der Waals surface area contributed by atoms with Crippen molar-refractivity contribution in [3.8, 4) is 0 Å². The van der Waals surface area contributed by atoms with Crippen molar-refractivity contribution in [2.75, 3.05) is 30.1 Å².